The Balaban J connectivity index is 2.11. The molecule has 114 valence electrons. The highest BCUT2D eigenvalue weighted by Gasteiger charge is 2.83. The highest BCUT2D eigenvalue weighted by atomic mass is 16.5. The fourth-order valence-electron chi connectivity index (χ4n) is 5.01. The molecule has 0 bridgehead atoms. The van der Waals surface area contributed by atoms with E-state index >= 15 is 0 Å². The SMILES string of the molecule is C=C(C)[C@@H]1C2=CCCC[C@H]2[C@@H]2[C@@H](C(=O)OC)[C@]12C(=O)OC. The first-order valence-corrected chi connectivity index (χ1v) is 7.53. The van der Waals surface area contributed by atoms with Crippen LogP contribution in [-0.2, 0) is 19.1 Å². The maximum absolute atomic E-state index is 12.6. The normalized spacial score (nSPS) is 39.7. The van der Waals surface area contributed by atoms with Crippen molar-refractivity contribution in [2.24, 2.45) is 29.1 Å². The average molecular weight is 290 g/mol. The molecule has 2 saturated carbocycles. The smallest absolute Gasteiger partial charge is 0.313 e. The third-order valence-corrected chi connectivity index (χ3v) is 5.57. The van der Waals surface area contributed by atoms with Gasteiger partial charge in [-0.1, -0.05) is 23.8 Å². The van der Waals surface area contributed by atoms with Crippen molar-refractivity contribution in [3.63, 3.8) is 0 Å². The summed E-state index contributed by atoms with van der Waals surface area (Å²) < 4.78 is 10.0. The number of hydrogen-bond acceptors (Lipinski definition) is 4. The lowest BCUT2D eigenvalue weighted by Crippen LogP contribution is -2.32. The van der Waals surface area contributed by atoms with E-state index in [0.29, 0.717) is 5.92 Å². The molecular formula is C17H22O4. The number of esters is 2. The highest BCUT2D eigenvalue weighted by Crippen LogP contribution is 2.77. The van der Waals surface area contributed by atoms with Crippen LogP contribution in [0.15, 0.2) is 23.8 Å². The second-order valence-corrected chi connectivity index (χ2v) is 6.47. The first-order valence-electron chi connectivity index (χ1n) is 7.53. The summed E-state index contributed by atoms with van der Waals surface area (Å²) in [6.07, 6.45) is 5.44. The monoisotopic (exact) mass is 290 g/mol. The molecule has 0 N–H and O–H groups in total. The van der Waals surface area contributed by atoms with Gasteiger partial charge in [0.1, 0.15) is 0 Å². The fourth-order valence-corrected chi connectivity index (χ4v) is 5.01. The van der Waals surface area contributed by atoms with Gasteiger partial charge in [0.25, 0.3) is 0 Å². The van der Waals surface area contributed by atoms with Crippen molar-refractivity contribution < 1.29 is 19.1 Å². The van der Waals surface area contributed by atoms with E-state index < -0.39 is 5.41 Å². The standard InChI is InChI=1S/C17H22O4/c1-9(2)12-10-7-5-6-8-11(10)13-14(15(18)20-3)17(12,13)16(19)21-4/h7,11-14H,1,5-6,8H2,2-4H3/t11-,12-,13-,14+,17+/m1/s1. The Bertz CT molecular complexity index is 547. The van der Waals surface area contributed by atoms with Crippen molar-refractivity contribution in [1.82, 2.24) is 0 Å². The molecule has 0 aromatic rings. The molecule has 0 unspecified atom stereocenters. The lowest BCUT2D eigenvalue weighted by Gasteiger charge is -2.29. The van der Waals surface area contributed by atoms with E-state index in [1.165, 1.54) is 19.8 Å². The lowest BCUT2D eigenvalue weighted by atomic mass is 9.75. The predicted molar refractivity (Wildman–Crippen MR) is 77.2 cm³/mol. The fraction of sp³-hybridized carbons (Fsp3) is 0.647. The van der Waals surface area contributed by atoms with Crippen LogP contribution in [0.3, 0.4) is 0 Å². The van der Waals surface area contributed by atoms with Crippen LogP contribution in [0, 0.1) is 29.1 Å². The molecule has 5 atom stereocenters. The van der Waals surface area contributed by atoms with E-state index in [4.69, 9.17) is 9.47 Å². The number of carbonyl (C=O) groups is 2. The molecule has 0 aromatic carbocycles. The van der Waals surface area contributed by atoms with Crippen LogP contribution >= 0.6 is 0 Å². The summed E-state index contributed by atoms with van der Waals surface area (Å²) in [5.74, 6) is -0.719. The summed E-state index contributed by atoms with van der Waals surface area (Å²) in [4.78, 5) is 24.7. The molecule has 0 saturated heterocycles. The number of rotatable bonds is 3. The maximum atomic E-state index is 12.6. The molecule has 0 aromatic heterocycles. The Morgan fingerprint density at radius 1 is 1.33 bits per heavy atom. The molecule has 0 radical (unpaired) electrons. The summed E-state index contributed by atoms with van der Waals surface area (Å²) in [5, 5.41) is 0. The second kappa shape index (κ2) is 4.72. The van der Waals surface area contributed by atoms with Gasteiger partial charge in [-0.15, -0.1) is 0 Å². The quantitative estimate of drug-likeness (QED) is 0.592. The van der Waals surface area contributed by atoms with Crippen LogP contribution in [0.25, 0.3) is 0 Å². The third kappa shape index (κ3) is 1.62. The van der Waals surface area contributed by atoms with Crippen molar-refractivity contribution in [3.8, 4) is 0 Å². The van der Waals surface area contributed by atoms with Crippen molar-refractivity contribution in [2.75, 3.05) is 14.2 Å². The van der Waals surface area contributed by atoms with E-state index in [-0.39, 0.29) is 29.7 Å². The molecule has 0 aliphatic heterocycles. The molecule has 3 aliphatic rings. The second-order valence-electron chi connectivity index (χ2n) is 6.47. The van der Waals surface area contributed by atoms with E-state index in [9.17, 15) is 9.59 Å². The first-order chi connectivity index (χ1) is 10.0. The third-order valence-electron chi connectivity index (χ3n) is 5.57. The maximum Gasteiger partial charge on any atom is 0.313 e. The molecular weight excluding hydrogens is 268 g/mol. The summed E-state index contributed by atoms with van der Waals surface area (Å²) in [5.41, 5.74) is 1.46. The van der Waals surface area contributed by atoms with Crippen LogP contribution in [0.2, 0.25) is 0 Å². The van der Waals surface area contributed by atoms with E-state index in [2.05, 4.69) is 12.7 Å². The van der Waals surface area contributed by atoms with Crippen LogP contribution < -0.4 is 0 Å². The first kappa shape index (κ1) is 14.4. The van der Waals surface area contributed by atoms with Gasteiger partial charge >= 0.3 is 11.9 Å². The predicted octanol–water partition coefficient (Wildman–Crippen LogP) is 2.50. The van der Waals surface area contributed by atoms with Gasteiger partial charge in [-0.2, -0.15) is 0 Å². The zero-order chi connectivity index (χ0) is 15.4. The van der Waals surface area contributed by atoms with Gasteiger partial charge in [-0.05, 0) is 38.0 Å². The Morgan fingerprint density at radius 3 is 2.62 bits per heavy atom. The molecule has 4 heteroatoms. The number of ether oxygens (including phenoxy) is 2. The number of carbonyl (C=O) groups excluding carboxylic acids is 2. The van der Waals surface area contributed by atoms with Crippen LogP contribution in [0.5, 0.6) is 0 Å². The zero-order valence-corrected chi connectivity index (χ0v) is 12.8. The topological polar surface area (TPSA) is 52.6 Å². The molecule has 0 spiro atoms. The number of methoxy groups -OCH3 is 2. The molecule has 0 heterocycles. The minimum atomic E-state index is -0.769. The number of hydrogen-bond donors (Lipinski definition) is 0. The molecule has 3 aliphatic carbocycles. The van der Waals surface area contributed by atoms with Gasteiger partial charge < -0.3 is 9.47 Å². The summed E-state index contributed by atoms with van der Waals surface area (Å²) in [6.45, 7) is 6.03. The van der Waals surface area contributed by atoms with Crippen molar-refractivity contribution in [3.05, 3.63) is 23.8 Å². The van der Waals surface area contributed by atoms with Crippen LogP contribution in [0.4, 0.5) is 0 Å². The minimum absolute atomic E-state index is 0.0191. The molecule has 3 rings (SSSR count). The highest BCUT2D eigenvalue weighted by molar-refractivity contribution is 5.94. The van der Waals surface area contributed by atoms with Gasteiger partial charge in [-0.25, -0.2) is 0 Å². The van der Waals surface area contributed by atoms with Gasteiger partial charge in [0.2, 0.25) is 0 Å². The van der Waals surface area contributed by atoms with Crippen molar-refractivity contribution >= 4 is 11.9 Å². The van der Waals surface area contributed by atoms with E-state index in [0.717, 1.165) is 24.8 Å². The summed E-state index contributed by atoms with van der Waals surface area (Å²) in [7, 11) is 2.78. The average Bonchev–Trinajstić information content (AvgIpc) is 3.07. The van der Waals surface area contributed by atoms with Gasteiger partial charge in [0, 0.05) is 5.92 Å². The van der Waals surface area contributed by atoms with Gasteiger partial charge in [0.05, 0.1) is 25.6 Å². The Morgan fingerprint density at radius 2 is 2.05 bits per heavy atom. The molecule has 2 fully saturated rings. The zero-order valence-electron chi connectivity index (χ0n) is 12.8. The Labute approximate surface area is 125 Å². The minimum Gasteiger partial charge on any atom is -0.469 e. The van der Waals surface area contributed by atoms with Crippen molar-refractivity contribution in [1.29, 1.82) is 0 Å². The van der Waals surface area contributed by atoms with Crippen LogP contribution in [-0.4, -0.2) is 26.2 Å². The summed E-state index contributed by atoms with van der Waals surface area (Å²) >= 11 is 0. The van der Waals surface area contributed by atoms with E-state index in [1.54, 1.807) is 0 Å². The van der Waals surface area contributed by atoms with E-state index in [1.807, 2.05) is 6.92 Å². The molecule has 21 heavy (non-hydrogen) atoms. The molecule has 4 nitrogen and oxygen atoms in total. The number of allylic oxidation sites excluding steroid dienone is 3. The van der Waals surface area contributed by atoms with Crippen molar-refractivity contribution in [2.45, 2.75) is 26.2 Å². The summed E-state index contributed by atoms with van der Waals surface area (Å²) in [6, 6.07) is 0. The van der Waals surface area contributed by atoms with Crippen LogP contribution in [0.1, 0.15) is 26.2 Å². The molecule has 0 amide bonds. The van der Waals surface area contributed by atoms with Gasteiger partial charge in [0.15, 0.2) is 0 Å². The Kier molecular flexibility index (Phi) is 3.23. The lowest BCUT2D eigenvalue weighted by molar-refractivity contribution is -0.154. The Hall–Kier alpha value is -1.58. The van der Waals surface area contributed by atoms with Gasteiger partial charge in [-0.3, -0.25) is 9.59 Å². The number of fused-ring (bicyclic) bond motifs is 3. The largest absolute Gasteiger partial charge is 0.469 e.